The normalized spacial score (nSPS) is 4.71. The number of rotatable bonds is 0. The van der Waals surface area contributed by atoms with Crippen molar-refractivity contribution in [1.29, 1.82) is 0 Å². The van der Waals surface area contributed by atoms with Crippen molar-refractivity contribution in [2.24, 2.45) is 5.73 Å². The van der Waals surface area contributed by atoms with E-state index in [0.717, 1.165) is 0 Å². The molecule has 0 heterocycles. The molecular weight excluding hydrogens is 123 g/mol. The van der Waals surface area contributed by atoms with Crippen LogP contribution in [-0.4, -0.2) is 69.9 Å². The summed E-state index contributed by atoms with van der Waals surface area (Å²) < 4.78 is 0. The van der Waals surface area contributed by atoms with Gasteiger partial charge in [0, 0.05) is 7.05 Å². The Labute approximate surface area is 84.6 Å². The molecule has 0 unspecified atom stereocenters. The number of carbonyl (C=O) groups is 1. The van der Waals surface area contributed by atoms with Crippen molar-refractivity contribution in [3.63, 3.8) is 0 Å². The van der Waals surface area contributed by atoms with E-state index in [2.05, 4.69) is 11.1 Å². The molecule has 5 N–H and O–H groups in total. The number of primary amides is 1. The zero-order valence-electron chi connectivity index (χ0n) is 3.49. The van der Waals surface area contributed by atoms with Crippen LogP contribution in [0.2, 0.25) is 0 Å². The molecule has 7 heavy (non-hydrogen) atoms. The molecule has 0 aliphatic carbocycles. The second-order valence-corrected chi connectivity index (χ2v) is 0.614. The average Bonchev–Trinajstić information content (AvgIpc) is 1.38. The first-order chi connectivity index (χ1) is 2.27. The van der Waals surface area contributed by atoms with E-state index in [-0.39, 0.29) is 56.9 Å². The molecule has 0 spiro atoms. The SMILES string of the molecule is CNC(N)=O.O.[KH]. The second kappa shape index (κ2) is 9.98. The van der Waals surface area contributed by atoms with Crippen LogP contribution in [0.3, 0.4) is 0 Å². The first kappa shape index (κ1) is 15.7. The van der Waals surface area contributed by atoms with E-state index in [0.29, 0.717) is 0 Å². The number of amides is 2. The Bertz CT molecular complexity index is 49.0. The molecule has 0 fully saturated rings. The number of nitrogens with one attached hydrogen (secondary N) is 1. The van der Waals surface area contributed by atoms with Crippen LogP contribution in [-0.2, 0) is 0 Å². The molecule has 0 aliphatic heterocycles. The van der Waals surface area contributed by atoms with E-state index in [1.807, 2.05) is 0 Å². The van der Waals surface area contributed by atoms with Crippen LogP contribution >= 0.6 is 0 Å². The van der Waals surface area contributed by atoms with E-state index in [1.54, 1.807) is 0 Å². The van der Waals surface area contributed by atoms with Crippen molar-refractivity contribution in [2.75, 3.05) is 7.05 Å². The van der Waals surface area contributed by atoms with E-state index >= 15 is 0 Å². The van der Waals surface area contributed by atoms with Crippen LogP contribution in [0.15, 0.2) is 0 Å². The van der Waals surface area contributed by atoms with Crippen LogP contribution < -0.4 is 11.1 Å². The predicted octanol–water partition coefficient (Wildman–Crippen LogP) is -2.19. The van der Waals surface area contributed by atoms with Crippen LogP contribution in [0.1, 0.15) is 0 Å². The fraction of sp³-hybridized carbons (Fsp3) is 0.500. The maximum absolute atomic E-state index is 9.48. The second-order valence-electron chi connectivity index (χ2n) is 0.614. The van der Waals surface area contributed by atoms with Crippen molar-refractivity contribution in [3.8, 4) is 0 Å². The molecule has 0 atom stereocenters. The monoisotopic (exact) mass is 132 g/mol. The number of hydrogen-bond donors (Lipinski definition) is 2. The van der Waals surface area contributed by atoms with E-state index < -0.39 is 6.03 Å². The standard InChI is InChI=1S/C2H6N2O.K.H2O.H/c1-4-2(3)5;;;/h1H3,(H3,3,4,5);;1H2;. The summed E-state index contributed by atoms with van der Waals surface area (Å²) in [4.78, 5) is 9.48. The first-order valence-electron chi connectivity index (χ1n) is 1.24. The quantitative estimate of drug-likeness (QED) is 0.360. The van der Waals surface area contributed by atoms with Crippen LogP contribution in [0.4, 0.5) is 4.79 Å². The minimum atomic E-state index is -0.495. The molecule has 0 aliphatic rings. The average molecular weight is 132 g/mol. The molecule has 0 saturated heterocycles. The Balaban J connectivity index is -0.0000000800. The van der Waals surface area contributed by atoms with Gasteiger partial charge in [0.2, 0.25) is 0 Å². The van der Waals surface area contributed by atoms with Crippen LogP contribution in [0.25, 0.3) is 0 Å². The zero-order chi connectivity index (χ0) is 4.28. The van der Waals surface area contributed by atoms with Gasteiger partial charge in [-0.1, -0.05) is 0 Å². The van der Waals surface area contributed by atoms with Crippen molar-refractivity contribution in [2.45, 2.75) is 0 Å². The molecule has 2 amide bonds. The molecular formula is C2H9KN2O2. The maximum atomic E-state index is 9.48. The molecule has 0 aromatic heterocycles. The number of hydrogen-bond acceptors (Lipinski definition) is 1. The number of carbonyl (C=O) groups excluding carboxylic acids is 1. The molecule has 0 saturated carbocycles. The van der Waals surface area contributed by atoms with E-state index in [1.165, 1.54) is 7.05 Å². The van der Waals surface area contributed by atoms with Gasteiger partial charge < -0.3 is 16.5 Å². The fourth-order valence-corrected chi connectivity index (χ4v) is 0. The summed E-state index contributed by atoms with van der Waals surface area (Å²) in [7, 11) is 1.47. The molecule has 0 bridgehead atoms. The Morgan fingerprint density at radius 2 is 1.86 bits per heavy atom. The molecule has 0 aromatic carbocycles. The van der Waals surface area contributed by atoms with Gasteiger partial charge in [0.1, 0.15) is 0 Å². The van der Waals surface area contributed by atoms with Gasteiger partial charge in [0.15, 0.2) is 0 Å². The molecule has 5 heteroatoms. The molecule has 0 rings (SSSR count). The van der Waals surface area contributed by atoms with E-state index in [9.17, 15) is 4.79 Å². The van der Waals surface area contributed by atoms with Gasteiger partial charge in [-0.25, -0.2) is 4.79 Å². The Morgan fingerprint density at radius 1 is 1.71 bits per heavy atom. The molecule has 0 radical (unpaired) electrons. The van der Waals surface area contributed by atoms with Gasteiger partial charge >= 0.3 is 57.4 Å². The third kappa shape index (κ3) is 19.8. The predicted molar refractivity (Wildman–Crippen MR) is 29.4 cm³/mol. The number of urea groups is 1. The van der Waals surface area contributed by atoms with Crippen LogP contribution in [0.5, 0.6) is 0 Å². The van der Waals surface area contributed by atoms with E-state index in [4.69, 9.17) is 0 Å². The summed E-state index contributed by atoms with van der Waals surface area (Å²) in [5, 5.41) is 2.17. The summed E-state index contributed by atoms with van der Waals surface area (Å²) >= 11 is 0. The minimum absolute atomic E-state index is 0. The molecule has 0 aromatic rings. The fourth-order valence-electron chi connectivity index (χ4n) is 0. The zero-order valence-corrected chi connectivity index (χ0v) is 3.49. The Kier molecular flexibility index (Phi) is 22.3. The topological polar surface area (TPSA) is 86.6 Å². The third-order valence-corrected chi connectivity index (χ3v) is 0.246. The third-order valence-electron chi connectivity index (χ3n) is 0.246. The molecule has 4 nitrogen and oxygen atoms in total. The van der Waals surface area contributed by atoms with Gasteiger partial charge in [0.05, 0.1) is 0 Å². The van der Waals surface area contributed by atoms with Gasteiger partial charge in [-0.3, -0.25) is 0 Å². The van der Waals surface area contributed by atoms with Gasteiger partial charge in [-0.2, -0.15) is 0 Å². The van der Waals surface area contributed by atoms with Gasteiger partial charge in [-0.15, -0.1) is 0 Å². The summed E-state index contributed by atoms with van der Waals surface area (Å²) in [5.41, 5.74) is 4.54. The van der Waals surface area contributed by atoms with Crippen molar-refractivity contribution in [1.82, 2.24) is 5.32 Å². The summed E-state index contributed by atoms with van der Waals surface area (Å²) in [6.07, 6.45) is 0. The molecule has 40 valence electrons. The van der Waals surface area contributed by atoms with Gasteiger partial charge in [-0.05, 0) is 0 Å². The Hall–Kier alpha value is 0.866. The Morgan fingerprint density at radius 3 is 1.86 bits per heavy atom. The van der Waals surface area contributed by atoms with Crippen LogP contribution in [0, 0.1) is 0 Å². The van der Waals surface area contributed by atoms with Crippen molar-refractivity contribution >= 4 is 57.4 Å². The van der Waals surface area contributed by atoms with Crippen molar-refractivity contribution < 1.29 is 10.3 Å². The summed E-state index contributed by atoms with van der Waals surface area (Å²) in [6.45, 7) is 0. The number of nitrogens with two attached hydrogens (primary N) is 1. The summed E-state index contributed by atoms with van der Waals surface area (Å²) in [6, 6.07) is -0.495. The summed E-state index contributed by atoms with van der Waals surface area (Å²) in [5.74, 6) is 0. The first-order valence-corrected chi connectivity index (χ1v) is 1.24. The van der Waals surface area contributed by atoms with Crippen molar-refractivity contribution in [3.05, 3.63) is 0 Å². The van der Waals surface area contributed by atoms with Gasteiger partial charge in [0.25, 0.3) is 0 Å².